The number of hydrogen-bond donors (Lipinski definition) is 2. The van der Waals surface area contributed by atoms with Crippen molar-refractivity contribution in [1.29, 1.82) is 0 Å². The Bertz CT molecular complexity index is 1610. The second kappa shape index (κ2) is 9.89. The Labute approximate surface area is 231 Å². The fourth-order valence-electron chi connectivity index (χ4n) is 5.75. The van der Waals surface area contributed by atoms with Crippen molar-refractivity contribution in [1.82, 2.24) is 15.2 Å². The number of fused-ring (bicyclic) bond motifs is 4. The number of urea groups is 1. The molecule has 7 nitrogen and oxygen atoms in total. The van der Waals surface area contributed by atoms with E-state index in [0.29, 0.717) is 35.2 Å². The van der Waals surface area contributed by atoms with Crippen LogP contribution in [0, 0.1) is 5.92 Å². The van der Waals surface area contributed by atoms with Gasteiger partial charge in [-0.25, -0.2) is 9.69 Å². The minimum atomic E-state index is -0.717. The largest absolute Gasteiger partial charge is 0.356 e. The molecule has 2 unspecified atom stereocenters. The third-order valence-corrected chi connectivity index (χ3v) is 7.85. The van der Waals surface area contributed by atoms with E-state index in [1.54, 1.807) is 35.2 Å². The Balaban J connectivity index is 1.44. The highest BCUT2D eigenvalue weighted by molar-refractivity contribution is 6.30. The summed E-state index contributed by atoms with van der Waals surface area (Å²) >= 11 is 6.38. The Morgan fingerprint density at radius 1 is 1.05 bits per heavy atom. The number of amides is 4. The summed E-state index contributed by atoms with van der Waals surface area (Å²) in [6.45, 7) is 4.69. The van der Waals surface area contributed by atoms with Gasteiger partial charge in [-0.15, -0.1) is 0 Å². The molecule has 0 bridgehead atoms. The van der Waals surface area contributed by atoms with Crippen molar-refractivity contribution in [2.24, 2.45) is 5.92 Å². The van der Waals surface area contributed by atoms with Gasteiger partial charge in [0, 0.05) is 34.6 Å². The van der Waals surface area contributed by atoms with Gasteiger partial charge in [0.2, 0.25) is 0 Å². The minimum absolute atomic E-state index is 0.294. The van der Waals surface area contributed by atoms with Crippen molar-refractivity contribution in [3.63, 3.8) is 0 Å². The number of carbonyl (C=O) groups excluding carboxylic acids is 3. The average Bonchev–Trinajstić information content (AvgIpc) is 3.41. The first-order valence-electron chi connectivity index (χ1n) is 13.2. The summed E-state index contributed by atoms with van der Waals surface area (Å²) in [6.07, 6.45) is 1.21. The number of nitrogens with one attached hydrogen (secondary N) is 2. The third kappa shape index (κ3) is 4.27. The maximum atomic E-state index is 14.2. The summed E-state index contributed by atoms with van der Waals surface area (Å²) in [6, 6.07) is 20.4. The summed E-state index contributed by atoms with van der Waals surface area (Å²) < 4.78 is 0. The number of halogens is 1. The number of para-hydroxylation sites is 2. The first-order chi connectivity index (χ1) is 18.8. The smallest absolute Gasteiger partial charge is 0.332 e. The van der Waals surface area contributed by atoms with Gasteiger partial charge < -0.3 is 10.3 Å². The average molecular weight is 541 g/mol. The quantitative estimate of drug-likeness (QED) is 0.291. The van der Waals surface area contributed by atoms with Crippen LogP contribution in [0.4, 0.5) is 10.5 Å². The Morgan fingerprint density at radius 2 is 1.82 bits per heavy atom. The number of imide groups is 1. The molecule has 4 amide bonds. The fourth-order valence-corrected chi connectivity index (χ4v) is 5.95. The van der Waals surface area contributed by atoms with E-state index in [9.17, 15) is 14.4 Å². The molecule has 4 aromatic rings. The molecule has 2 atom stereocenters. The van der Waals surface area contributed by atoms with E-state index in [2.05, 4.69) is 24.1 Å². The molecule has 3 aromatic carbocycles. The van der Waals surface area contributed by atoms with E-state index in [1.165, 1.54) is 4.90 Å². The molecule has 2 N–H and O–H groups in total. The summed E-state index contributed by atoms with van der Waals surface area (Å²) in [5.41, 5.74) is 4.24. The van der Waals surface area contributed by atoms with Crippen molar-refractivity contribution in [3.05, 3.63) is 100 Å². The molecule has 1 fully saturated rings. The number of carbonyl (C=O) groups is 3. The van der Waals surface area contributed by atoms with Crippen LogP contribution in [-0.2, 0) is 11.2 Å². The maximum Gasteiger partial charge on any atom is 0.332 e. The van der Waals surface area contributed by atoms with Crippen molar-refractivity contribution >= 4 is 46.0 Å². The molecule has 0 saturated carbocycles. The van der Waals surface area contributed by atoms with E-state index < -0.39 is 18.1 Å². The highest BCUT2D eigenvalue weighted by atomic mass is 35.5. The predicted octanol–water partition coefficient (Wildman–Crippen LogP) is 6.08. The highest BCUT2D eigenvalue weighted by Gasteiger charge is 2.53. The highest BCUT2D eigenvalue weighted by Crippen LogP contribution is 2.45. The van der Waals surface area contributed by atoms with Crippen LogP contribution in [0.1, 0.15) is 53.5 Å². The number of benzene rings is 3. The van der Waals surface area contributed by atoms with Gasteiger partial charge in [0.05, 0.1) is 11.3 Å². The van der Waals surface area contributed by atoms with Crippen LogP contribution >= 0.6 is 11.6 Å². The van der Waals surface area contributed by atoms with E-state index in [1.807, 2.05) is 42.5 Å². The molecule has 1 saturated heterocycles. The van der Waals surface area contributed by atoms with E-state index in [4.69, 9.17) is 11.6 Å². The standard InChI is InChI=1S/C31H29ClN4O3/c1-18(2)14-15-33-29(37)22-11-4-6-13-25(22)36-30(38)26-17-23-21-10-3-5-12-24(21)34-27(23)28(35(26)31(36)39)19-8-7-9-20(32)16-19/h3-13,16,18,26,28,34H,14-15,17H2,1-2H3,(H,33,37). The number of rotatable bonds is 6. The number of anilines is 1. The molecule has 0 aliphatic carbocycles. The Morgan fingerprint density at radius 3 is 2.62 bits per heavy atom. The lowest BCUT2D eigenvalue weighted by atomic mass is 9.89. The Hall–Kier alpha value is -4.10. The van der Waals surface area contributed by atoms with Crippen molar-refractivity contribution < 1.29 is 14.4 Å². The second-order valence-electron chi connectivity index (χ2n) is 10.6. The molecule has 39 heavy (non-hydrogen) atoms. The first kappa shape index (κ1) is 25.2. The van der Waals surface area contributed by atoms with Gasteiger partial charge in [0.1, 0.15) is 12.1 Å². The molecule has 8 heteroatoms. The van der Waals surface area contributed by atoms with Crippen LogP contribution in [0.3, 0.4) is 0 Å². The number of H-pyrrole nitrogens is 1. The molecule has 0 spiro atoms. The Kier molecular flexibility index (Phi) is 6.39. The zero-order chi connectivity index (χ0) is 27.3. The molecule has 2 aliphatic rings. The molecule has 0 radical (unpaired) electrons. The van der Waals surface area contributed by atoms with Gasteiger partial charge >= 0.3 is 6.03 Å². The number of hydrogen-bond acceptors (Lipinski definition) is 3. The fraction of sp³-hybridized carbons (Fsp3) is 0.258. The summed E-state index contributed by atoms with van der Waals surface area (Å²) in [7, 11) is 0. The van der Waals surface area contributed by atoms with Gasteiger partial charge in [-0.05, 0) is 53.8 Å². The lowest BCUT2D eigenvalue weighted by Gasteiger charge is -2.36. The normalized spacial score (nSPS) is 18.6. The minimum Gasteiger partial charge on any atom is -0.356 e. The molecule has 3 heterocycles. The molecule has 198 valence electrons. The van der Waals surface area contributed by atoms with E-state index in [0.717, 1.165) is 34.1 Å². The lowest BCUT2D eigenvalue weighted by Crippen LogP contribution is -2.44. The number of nitrogens with zero attached hydrogens (tertiary/aromatic N) is 2. The third-order valence-electron chi connectivity index (χ3n) is 7.61. The van der Waals surface area contributed by atoms with Gasteiger partial charge in [-0.1, -0.05) is 67.9 Å². The van der Waals surface area contributed by atoms with Gasteiger partial charge in [0.15, 0.2) is 0 Å². The monoisotopic (exact) mass is 540 g/mol. The van der Waals surface area contributed by atoms with Gasteiger partial charge in [-0.2, -0.15) is 0 Å². The summed E-state index contributed by atoms with van der Waals surface area (Å²) in [5.74, 6) is -0.209. The number of aromatic amines is 1. The van der Waals surface area contributed by atoms with E-state index >= 15 is 0 Å². The van der Waals surface area contributed by atoms with E-state index in [-0.39, 0.29) is 11.8 Å². The van der Waals surface area contributed by atoms with Crippen LogP contribution in [0.25, 0.3) is 10.9 Å². The topological polar surface area (TPSA) is 85.5 Å². The zero-order valence-corrected chi connectivity index (χ0v) is 22.5. The zero-order valence-electron chi connectivity index (χ0n) is 21.8. The lowest BCUT2D eigenvalue weighted by molar-refractivity contribution is -0.120. The first-order valence-corrected chi connectivity index (χ1v) is 13.6. The van der Waals surface area contributed by atoms with Crippen LogP contribution in [0.5, 0.6) is 0 Å². The SMILES string of the molecule is CC(C)CCNC(=O)c1ccccc1N1C(=O)C2Cc3c([nH]c4ccccc34)C(c3cccc(Cl)c3)N2C1=O. The van der Waals surface area contributed by atoms with Crippen LogP contribution in [-0.4, -0.2) is 40.3 Å². The molecular weight excluding hydrogens is 512 g/mol. The van der Waals surface area contributed by atoms with Crippen LogP contribution in [0.15, 0.2) is 72.8 Å². The summed E-state index contributed by atoms with van der Waals surface area (Å²) in [4.78, 5) is 47.7. The van der Waals surface area contributed by atoms with Gasteiger partial charge in [0.25, 0.3) is 11.8 Å². The summed E-state index contributed by atoms with van der Waals surface area (Å²) in [5, 5.41) is 4.51. The van der Waals surface area contributed by atoms with Crippen molar-refractivity contribution in [2.75, 3.05) is 11.4 Å². The second-order valence-corrected chi connectivity index (χ2v) is 11.0. The number of aromatic nitrogens is 1. The predicted molar refractivity (Wildman–Crippen MR) is 152 cm³/mol. The molecule has 2 aliphatic heterocycles. The van der Waals surface area contributed by atoms with Crippen molar-refractivity contribution in [2.45, 2.75) is 38.8 Å². The van der Waals surface area contributed by atoms with Crippen molar-refractivity contribution in [3.8, 4) is 0 Å². The molecule has 1 aromatic heterocycles. The molecular formula is C31H29ClN4O3. The maximum absolute atomic E-state index is 14.2. The van der Waals surface area contributed by atoms with Crippen LogP contribution in [0.2, 0.25) is 5.02 Å². The van der Waals surface area contributed by atoms with Gasteiger partial charge in [-0.3, -0.25) is 14.5 Å². The molecule has 6 rings (SSSR count). The van der Waals surface area contributed by atoms with Crippen LogP contribution < -0.4 is 10.2 Å².